The van der Waals surface area contributed by atoms with Gasteiger partial charge >= 0.3 is 11.9 Å². The smallest absolute Gasteiger partial charge is 0.373 e. The van der Waals surface area contributed by atoms with Crippen molar-refractivity contribution >= 4 is 11.9 Å². The average molecular weight is 258 g/mol. The Bertz CT molecular complexity index is 592. The fraction of sp³-hybridized carbons (Fsp3) is 0. The quantitative estimate of drug-likeness (QED) is 0.396. The second kappa shape index (κ2) is 5.79. The number of hydrogen-bond donors (Lipinski definition) is 1. The summed E-state index contributed by atoms with van der Waals surface area (Å²) in [7, 11) is 0. The van der Waals surface area contributed by atoms with Crippen LogP contribution in [0.25, 0.3) is 0 Å². The molecule has 0 aliphatic carbocycles. The average Bonchev–Trinajstić information content (AvgIpc) is 2.47. The number of carbonyl (C=O) groups excluding carboxylic acids is 2. The molecule has 0 amide bonds. The van der Waals surface area contributed by atoms with Crippen LogP contribution < -0.4 is 4.74 Å². The largest absolute Gasteiger partial charge is 0.423 e. The van der Waals surface area contributed by atoms with Crippen LogP contribution in [0.2, 0.25) is 0 Å². The number of hydrogen-bond acceptors (Lipinski definition) is 5. The zero-order valence-electron chi connectivity index (χ0n) is 9.78. The van der Waals surface area contributed by atoms with Crippen molar-refractivity contribution in [1.29, 1.82) is 0 Å². The molecular weight excluding hydrogens is 248 g/mol. The number of rotatable bonds is 3. The summed E-state index contributed by atoms with van der Waals surface area (Å²) >= 11 is 0. The fourth-order valence-corrected chi connectivity index (χ4v) is 1.54. The first-order chi connectivity index (χ1) is 9.22. The molecule has 2 aromatic rings. The molecule has 0 saturated carbocycles. The zero-order chi connectivity index (χ0) is 13.7. The first-order valence-electron chi connectivity index (χ1n) is 5.44. The Balaban J connectivity index is 2.27. The monoisotopic (exact) mass is 258 g/mol. The number of carbonyl (C=O) groups is 2. The second-order valence-corrected chi connectivity index (χ2v) is 3.63. The third kappa shape index (κ3) is 2.97. The van der Waals surface area contributed by atoms with Crippen LogP contribution in [-0.4, -0.2) is 17.2 Å². The Morgan fingerprint density at radius 3 is 1.89 bits per heavy atom. The molecule has 0 atom stereocenters. The lowest BCUT2D eigenvalue weighted by Gasteiger charge is -2.06. The number of esters is 1. The van der Waals surface area contributed by atoms with Crippen LogP contribution in [0.1, 0.15) is 20.7 Å². The molecule has 96 valence electrons. The van der Waals surface area contributed by atoms with E-state index < -0.39 is 11.9 Å². The predicted molar refractivity (Wildman–Crippen MR) is 65.9 cm³/mol. The third-order valence-electron chi connectivity index (χ3n) is 2.40. The SMILES string of the molecule is O=C(OO)c1ccccc1C(=O)Oc1ccccc1. The Morgan fingerprint density at radius 2 is 1.32 bits per heavy atom. The Kier molecular flexibility index (Phi) is 3.90. The summed E-state index contributed by atoms with van der Waals surface area (Å²) in [5.74, 6) is -1.35. The zero-order valence-corrected chi connectivity index (χ0v) is 9.78. The van der Waals surface area contributed by atoms with Crippen LogP contribution in [0.4, 0.5) is 0 Å². The van der Waals surface area contributed by atoms with Gasteiger partial charge in [0.2, 0.25) is 0 Å². The molecule has 0 bridgehead atoms. The highest BCUT2D eigenvalue weighted by atomic mass is 17.1. The van der Waals surface area contributed by atoms with E-state index in [-0.39, 0.29) is 11.1 Å². The molecule has 0 aliphatic heterocycles. The Hall–Kier alpha value is -2.66. The van der Waals surface area contributed by atoms with Crippen molar-refractivity contribution in [3.05, 3.63) is 65.7 Å². The molecule has 0 unspecified atom stereocenters. The minimum Gasteiger partial charge on any atom is -0.423 e. The molecule has 19 heavy (non-hydrogen) atoms. The van der Waals surface area contributed by atoms with Crippen LogP contribution >= 0.6 is 0 Å². The van der Waals surface area contributed by atoms with Gasteiger partial charge in [-0.2, -0.15) is 5.26 Å². The fourth-order valence-electron chi connectivity index (χ4n) is 1.54. The summed E-state index contributed by atoms with van der Waals surface area (Å²) in [4.78, 5) is 26.9. The molecule has 0 aliphatic rings. The molecule has 5 heteroatoms. The summed E-state index contributed by atoms with van der Waals surface area (Å²) in [5, 5.41) is 8.38. The van der Waals surface area contributed by atoms with Gasteiger partial charge in [-0.1, -0.05) is 30.3 Å². The third-order valence-corrected chi connectivity index (χ3v) is 2.40. The molecule has 0 spiro atoms. The molecule has 2 aromatic carbocycles. The van der Waals surface area contributed by atoms with E-state index in [1.54, 1.807) is 42.5 Å². The molecule has 5 nitrogen and oxygen atoms in total. The molecular formula is C14H10O5. The van der Waals surface area contributed by atoms with Crippen molar-refractivity contribution < 1.29 is 24.5 Å². The summed E-state index contributed by atoms with van der Waals surface area (Å²) in [6.45, 7) is 0. The van der Waals surface area contributed by atoms with Gasteiger partial charge in [0.15, 0.2) is 0 Å². The van der Waals surface area contributed by atoms with E-state index in [0.717, 1.165) is 0 Å². The Morgan fingerprint density at radius 1 is 0.789 bits per heavy atom. The predicted octanol–water partition coefficient (Wildman–Crippen LogP) is 2.54. The second-order valence-electron chi connectivity index (χ2n) is 3.63. The summed E-state index contributed by atoms with van der Waals surface area (Å²) in [6, 6.07) is 14.4. The summed E-state index contributed by atoms with van der Waals surface area (Å²) in [6.07, 6.45) is 0. The van der Waals surface area contributed by atoms with Gasteiger partial charge in [-0.25, -0.2) is 9.59 Å². The van der Waals surface area contributed by atoms with E-state index in [9.17, 15) is 9.59 Å². The normalized spacial score (nSPS) is 9.74. The maximum Gasteiger partial charge on any atom is 0.373 e. The van der Waals surface area contributed by atoms with Crippen molar-refractivity contribution in [3.8, 4) is 5.75 Å². The lowest BCUT2D eigenvalue weighted by molar-refractivity contribution is -0.182. The van der Waals surface area contributed by atoms with Gasteiger partial charge in [0.1, 0.15) is 5.75 Å². The lowest BCUT2D eigenvalue weighted by Crippen LogP contribution is -2.15. The van der Waals surface area contributed by atoms with Crippen molar-refractivity contribution in [3.63, 3.8) is 0 Å². The number of benzene rings is 2. The van der Waals surface area contributed by atoms with E-state index in [1.165, 1.54) is 12.1 Å². The first kappa shape index (κ1) is 12.8. The highest BCUT2D eigenvalue weighted by Gasteiger charge is 2.19. The summed E-state index contributed by atoms with van der Waals surface area (Å²) in [5.41, 5.74) is -0.0451. The van der Waals surface area contributed by atoms with Gasteiger partial charge in [0.05, 0.1) is 11.1 Å². The molecule has 0 fully saturated rings. The lowest BCUT2D eigenvalue weighted by atomic mass is 10.1. The van der Waals surface area contributed by atoms with Crippen LogP contribution in [0.5, 0.6) is 5.75 Å². The van der Waals surface area contributed by atoms with Crippen LogP contribution in [0.15, 0.2) is 54.6 Å². The van der Waals surface area contributed by atoms with Crippen molar-refractivity contribution in [2.24, 2.45) is 0 Å². The van der Waals surface area contributed by atoms with E-state index in [4.69, 9.17) is 9.99 Å². The van der Waals surface area contributed by atoms with Gasteiger partial charge < -0.3 is 4.74 Å². The van der Waals surface area contributed by atoms with Crippen molar-refractivity contribution in [2.75, 3.05) is 0 Å². The Labute approximate surface area is 108 Å². The van der Waals surface area contributed by atoms with Crippen LogP contribution in [-0.2, 0) is 4.89 Å². The molecule has 0 radical (unpaired) electrons. The van der Waals surface area contributed by atoms with Crippen molar-refractivity contribution in [1.82, 2.24) is 0 Å². The maximum absolute atomic E-state index is 11.9. The van der Waals surface area contributed by atoms with Crippen LogP contribution in [0, 0.1) is 0 Å². The van der Waals surface area contributed by atoms with E-state index in [1.807, 2.05) is 0 Å². The van der Waals surface area contributed by atoms with Crippen LogP contribution in [0.3, 0.4) is 0 Å². The van der Waals surface area contributed by atoms with Crippen molar-refractivity contribution in [2.45, 2.75) is 0 Å². The minimum atomic E-state index is -1.01. The molecule has 1 N–H and O–H groups in total. The molecule has 0 saturated heterocycles. The standard InChI is InChI=1S/C14H10O5/c15-13(18-10-6-2-1-3-7-10)11-8-4-5-9-12(11)14(16)19-17/h1-9,17H. The van der Waals surface area contributed by atoms with Gasteiger partial charge in [-0.05, 0) is 24.3 Å². The maximum atomic E-state index is 11.9. The van der Waals surface area contributed by atoms with Gasteiger partial charge in [-0.15, -0.1) is 0 Å². The molecule has 0 heterocycles. The highest BCUT2D eigenvalue weighted by molar-refractivity contribution is 6.03. The first-order valence-corrected chi connectivity index (χ1v) is 5.44. The summed E-state index contributed by atoms with van der Waals surface area (Å²) < 4.78 is 5.11. The minimum absolute atomic E-state index is 0.0189. The topological polar surface area (TPSA) is 72.8 Å². The molecule has 0 aromatic heterocycles. The molecule has 2 rings (SSSR count). The van der Waals surface area contributed by atoms with E-state index >= 15 is 0 Å². The highest BCUT2D eigenvalue weighted by Crippen LogP contribution is 2.15. The van der Waals surface area contributed by atoms with Gasteiger partial charge in [-0.3, -0.25) is 4.89 Å². The van der Waals surface area contributed by atoms with E-state index in [0.29, 0.717) is 5.75 Å². The van der Waals surface area contributed by atoms with E-state index in [2.05, 4.69) is 4.89 Å². The number of ether oxygens (including phenoxy) is 1. The van der Waals surface area contributed by atoms with Gasteiger partial charge in [0, 0.05) is 0 Å². The number of para-hydroxylation sites is 1. The van der Waals surface area contributed by atoms with Gasteiger partial charge in [0.25, 0.3) is 0 Å².